The monoisotopic (exact) mass is 305 g/mol. The molecule has 1 N–H and O–H groups in total. The van der Waals surface area contributed by atoms with Crippen LogP contribution in [0.4, 0.5) is 26.3 Å². The lowest BCUT2D eigenvalue weighted by Gasteiger charge is -2.47. The van der Waals surface area contributed by atoms with Crippen LogP contribution in [0.15, 0.2) is 0 Å². The Morgan fingerprint density at radius 1 is 1.15 bits per heavy atom. The van der Waals surface area contributed by atoms with E-state index in [1.165, 1.54) is 0 Å². The number of halogens is 6. The van der Waals surface area contributed by atoms with Gasteiger partial charge in [0.05, 0.1) is 11.3 Å². The van der Waals surface area contributed by atoms with Crippen molar-refractivity contribution in [2.45, 2.75) is 18.8 Å². The van der Waals surface area contributed by atoms with Gasteiger partial charge in [0.2, 0.25) is 0 Å². The number of likely N-dealkylation sites (tertiary alicyclic amines) is 1. The highest BCUT2D eigenvalue weighted by Gasteiger charge is 2.71. The highest BCUT2D eigenvalue weighted by Crippen LogP contribution is 2.61. The first-order chi connectivity index (χ1) is 8.89. The Kier molecular flexibility index (Phi) is 2.99. The average molecular weight is 305 g/mol. The molecule has 4 nitrogen and oxygen atoms in total. The van der Waals surface area contributed by atoms with Gasteiger partial charge in [-0.2, -0.15) is 26.3 Å². The van der Waals surface area contributed by atoms with Gasteiger partial charge in [0.1, 0.15) is 0 Å². The van der Waals surface area contributed by atoms with Crippen LogP contribution in [-0.4, -0.2) is 47.3 Å². The second kappa shape index (κ2) is 4.01. The molecule has 1 saturated heterocycles. The molecule has 0 aromatic rings. The standard InChI is InChI=1S/C10H9F6NO3/c11-9(12,13)4-1-8(7(19)20)3-17(2-5(4)8)6(18)10(14,15)16/h4-5H,1-3H2,(H,19,20)/t4-,5+,8-/m0/s1. The van der Waals surface area contributed by atoms with Gasteiger partial charge < -0.3 is 10.0 Å². The van der Waals surface area contributed by atoms with Crippen molar-refractivity contribution in [2.24, 2.45) is 17.3 Å². The van der Waals surface area contributed by atoms with Gasteiger partial charge in [0.25, 0.3) is 0 Å². The highest BCUT2D eigenvalue weighted by atomic mass is 19.4. The molecule has 2 rings (SSSR count). The molecule has 0 aromatic carbocycles. The molecule has 3 atom stereocenters. The topological polar surface area (TPSA) is 57.6 Å². The first kappa shape index (κ1) is 14.9. The normalized spacial score (nSPS) is 33.6. The number of alkyl halides is 6. The van der Waals surface area contributed by atoms with E-state index in [-0.39, 0.29) is 4.90 Å². The van der Waals surface area contributed by atoms with E-state index in [0.29, 0.717) is 0 Å². The second-order valence-electron chi connectivity index (χ2n) is 5.10. The number of carbonyl (C=O) groups excluding carboxylic acids is 1. The zero-order valence-electron chi connectivity index (χ0n) is 9.75. The number of carbonyl (C=O) groups is 2. The summed E-state index contributed by atoms with van der Waals surface area (Å²) >= 11 is 0. The van der Waals surface area contributed by atoms with Gasteiger partial charge in [0, 0.05) is 19.0 Å². The van der Waals surface area contributed by atoms with E-state index in [2.05, 4.69) is 0 Å². The SMILES string of the molecule is O=C(N1C[C@@H]2[C@@H](C(F)(F)F)C[C@]2(C(=O)O)C1)C(F)(F)F. The van der Waals surface area contributed by atoms with Gasteiger partial charge in [-0.05, 0) is 6.42 Å². The van der Waals surface area contributed by atoms with Crippen LogP contribution in [0.25, 0.3) is 0 Å². The van der Waals surface area contributed by atoms with Crippen LogP contribution in [0.3, 0.4) is 0 Å². The summed E-state index contributed by atoms with van der Waals surface area (Å²) in [7, 11) is 0. The molecule has 0 unspecified atom stereocenters. The van der Waals surface area contributed by atoms with E-state index < -0.39 is 61.0 Å². The predicted octanol–water partition coefficient (Wildman–Crippen LogP) is 1.66. The molecular weight excluding hydrogens is 296 g/mol. The molecule has 0 aromatic heterocycles. The molecule has 1 aliphatic carbocycles. The largest absolute Gasteiger partial charge is 0.481 e. The summed E-state index contributed by atoms with van der Waals surface area (Å²) in [6.07, 6.45) is -10.7. The zero-order valence-corrected chi connectivity index (χ0v) is 9.75. The molecule has 1 heterocycles. The maximum atomic E-state index is 12.6. The van der Waals surface area contributed by atoms with E-state index in [1.54, 1.807) is 0 Å². The van der Waals surface area contributed by atoms with E-state index >= 15 is 0 Å². The van der Waals surface area contributed by atoms with Crippen molar-refractivity contribution < 1.29 is 41.0 Å². The summed E-state index contributed by atoms with van der Waals surface area (Å²) in [5.41, 5.74) is -1.92. The lowest BCUT2D eigenvalue weighted by Crippen LogP contribution is -2.57. The predicted molar refractivity (Wildman–Crippen MR) is 50.4 cm³/mol. The van der Waals surface area contributed by atoms with Crippen molar-refractivity contribution in [3.05, 3.63) is 0 Å². The molecule has 10 heteroatoms. The number of hydrogen-bond acceptors (Lipinski definition) is 2. The molecular formula is C10H9F6NO3. The fourth-order valence-corrected chi connectivity index (χ4v) is 3.03. The molecule has 0 bridgehead atoms. The van der Waals surface area contributed by atoms with E-state index in [4.69, 9.17) is 5.11 Å². The van der Waals surface area contributed by atoms with Crippen LogP contribution < -0.4 is 0 Å². The summed E-state index contributed by atoms with van der Waals surface area (Å²) < 4.78 is 74.7. The molecule has 114 valence electrons. The van der Waals surface area contributed by atoms with E-state index in [0.717, 1.165) is 0 Å². The fourth-order valence-electron chi connectivity index (χ4n) is 3.03. The number of hydrogen-bond donors (Lipinski definition) is 1. The Hall–Kier alpha value is -1.48. The van der Waals surface area contributed by atoms with Crippen molar-refractivity contribution in [1.29, 1.82) is 0 Å². The van der Waals surface area contributed by atoms with Crippen LogP contribution in [0, 0.1) is 17.3 Å². The van der Waals surface area contributed by atoms with Crippen molar-refractivity contribution in [3.63, 3.8) is 0 Å². The Labute approximate surface area is 108 Å². The molecule has 0 spiro atoms. The van der Waals surface area contributed by atoms with Crippen LogP contribution in [0.1, 0.15) is 6.42 Å². The first-order valence-electron chi connectivity index (χ1n) is 5.56. The van der Waals surface area contributed by atoms with E-state index in [9.17, 15) is 35.9 Å². The lowest BCUT2D eigenvalue weighted by molar-refractivity contribution is -0.242. The van der Waals surface area contributed by atoms with Gasteiger partial charge in [-0.25, -0.2) is 0 Å². The molecule has 1 amide bonds. The summed E-state index contributed by atoms with van der Waals surface area (Å²) in [6, 6.07) is 0. The van der Waals surface area contributed by atoms with Gasteiger partial charge >= 0.3 is 24.2 Å². The molecule has 2 fully saturated rings. The summed E-state index contributed by atoms with van der Waals surface area (Å²) in [4.78, 5) is 22.3. The Bertz CT molecular complexity index is 459. The van der Waals surface area contributed by atoms with E-state index in [1.807, 2.05) is 0 Å². The van der Waals surface area contributed by atoms with Crippen LogP contribution >= 0.6 is 0 Å². The highest BCUT2D eigenvalue weighted by molar-refractivity contribution is 5.85. The number of amides is 1. The molecule has 0 radical (unpaired) electrons. The third-order valence-electron chi connectivity index (χ3n) is 4.05. The Morgan fingerprint density at radius 3 is 2.10 bits per heavy atom. The number of nitrogens with zero attached hydrogens (tertiary/aromatic N) is 1. The van der Waals surface area contributed by atoms with Crippen molar-refractivity contribution >= 4 is 11.9 Å². The summed E-state index contributed by atoms with van der Waals surface area (Å²) in [6.45, 7) is -1.67. The molecule has 20 heavy (non-hydrogen) atoms. The minimum absolute atomic E-state index is 0.157. The zero-order chi connectivity index (χ0) is 15.5. The lowest BCUT2D eigenvalue weighted by atomic mass is 9.55. The van der Waals surface area contributed by atoms with Crippen molar-refractivity contribution in [2.75, 3.05) is 13.1 Å². The quantitative estimate of drug-likeness (QED) is 0.750. The maximum Gasteiger partial charge on any atom is 0.471 e. The number of carboxylic acid groups (broad SMARTS) is 1. The van der Waals surface area contributed by atoms with Crippen LogP contribution in [0.2, 0.25) is 0 Å². The molecule has 1 aliphatic heterocycles. The third kappa shape index (κ3) is 2.01. The summed E-state index contributed by atoms with van der Waals surface area (Å²) in [5, 5.41) is 8.99. The van der Waals surface area contributed by atoms with Crippen molar-refractivity contribution in [1.82, 2.24) is 4.90 Å². The molecule has 2 aliphatic rings. The minimum atomic E-state index is -5.22. The van der Waals surface area contributed by atoms with Gasteiger partial charge in [-0.1, -0.05) is 0 Å². The number of fused-ring (bicyclic) bond motifs is 1. The average Bonchev–Trinajstić information content (AvgIpc) is 2.49. The Morgan fingerprint density at radius 2 is 1.70 bits per heavy atom. The van der Waals surface area contributed by atoms with Gasteiger partial charge in [-0.15, -0.1) is 0 Å². The van der Waals surface area contributed by atoms with Gasteiger partial charge in [0.15, 0.2) is 0 Å². The third-order valence-corrected chi connectivity index (χ3v) is 4.05. The van der Waals surface area contributed by atoms with Crippen LogP contribution in [0.5, 0.6) is 0 Å². The number of aliphatic carboxylic acids is 1. The first-order valence-corrected chi connectivity index (χ1v) is 5.56. The minimum Gasteiger partial charge on any atom is -0.481 e. The summed E-state index contributed by atoms with van der Waals surface area (Å²) in [5.74, 6) is -7.40. The number of rotatable bonds is 1. The second-order valence-corrected chi connectivity index (χ2v) is 5.10. The fraction of sp³-hybridized carbons (Fsp3) is 0.800. The van der Waals surface area contributed by atoms with Crippen LogP contribution in [-0.2, 0) is 9.59 Å². The Balaban J connectivity index is 2.24. The maximum absolute atomic E-state index is 12.6. The van der Waals surface area contributed by atoms with Crippen molar-refractivity contribution in [3.8, 4) is 0 Å². The smallest absolute Gasteiger partial charge is 0.471 e. The number of carboxylic acids is 1. The van der Waals surface area contributed by atoms with Gasteiger partial charge in [-0.3, -0.25) is 9.59 Å². The molecule has 1 saturated carbocycles.